The molecule has 6 nitrogen and oxygen atoms in total. The van der Waals surface area contributed by atoms with E-state index in [9.17, 15) is 18.8 Å². The van der Waals surface area contributed by atoms with Gasteiger partial charge < -0.3 is 14.6 Å². The monoisotopic (exact) mass is 374 g/mol. The number of nitrogens with zero attached hydrogens (tertiary/aromatic N) is 1. The van der Waals surface area contributed by atoms with E-state index in [1.165, 1.54) is 22.8 Å². The normalized spacial score (nSPS) is 10.6. The number of hydrogen-bond acceptors (Lipinski definition) is 4. The highest BCUT2D eigenvalue weighted by Crippen LogP contribution is 2.25. The van der Waals surface area contributed by atoms with Gasteiger partial charge in [0.25, 0.3) is 11.7 Å². The molecule has 1 amide bonds. The van der Waals surface area contributed by atoms with Crippen molar-refractivity contribution in [3.05, 3.63) is 52.1 Å². The van der Waals surface area contributed by atoms with Crippen LogP contribution >= 0.6 is 0 Å². The van der Waals surface area contributed by atoms with Crippen LogP contribution in [0.4, 0.5) is 10.1 Å². The first-order chi connectivity index (χ1) is 12.7. The van der Waals surface area contributed by atoms with Crippen molar-refractivity contribution in [2.75, 3.05) is 11.9 Å². The largest absolute Gasteiger partial charge is 0.460 e. The lowest BCUT2D eigenvalue weighted by Gasteiger charge is -2.08. The molecular weight excluding hydrogens is 351 g/mol. The van der Waals surface area contributed by atoms with E-state index < -0.39 is 17.7 Å². The molecule has 0 spiro atoms. The van der Waals surface area contributed by atoms with Crippen molar-refractivity contribution < 1.29 is 23.5 Å². The van der Waals surface area contributed by atoms with Crippen LogP contribution in [0.3, 0.4) is 0 Å². The van der Waals surface area contributed by atoms with Crippen molar-refractivity contribution in [2.24, 2.45) is 7.05 Å². The Balaban J connectivity index is 2.45. The number of ether oxygens (including phenoxy) is 1. The van der Waals surface area contributed by atoms with E-state index in [4.69, 9.17) is 4.74 Å². The minimum absolute atomic E-state index is 0.0900. The topological polar surface area (TPSA) is 77.4 Å². The number of esters is 1. The van der Waals surface area contributed by atoms with Gasteiger partial charge in [0.15, 0.2) is 0 Å². The number of nitrogens with one attached hydrogen (secondary N) is 1. The second-order valence-electron chi connectivity index (χ2n) is 6.17. The molecule has 7 heteroatoms. The van der Waals surface area contributed by atoms with E-state index >= 15 is 0 Å². The minimum Gasteiger partial charge on any atom is -0.460 e. The molecule has 0 atom stereocenters. The number of rotatable bonds is 6. The highest BCUT2D eigenvalue weighted by atomic mass is 19.1. The van der Waals surface area contributed by atoms with Crippen LogP contribution in [0.2, 0.25) is 0 Å². The smallest absolute Gasteiger partial charge is 0.381 e. The number of anilines is 1. The van der Waals surface area contributed by atoms with Gasteiger partial charge in [-0.1, -0.05) is 6.92 Å². The van der Waals surface area contributed by atoms with Gasteiger partial charge >= 0.3 is 5.97 Å². The van der Waals surface area contributed by atoms with Crippen LogP contribution in [0.15, 0.2) is 18.2 Å². The van der Waals surface area contributed by atoms with E-state index in [1.807, 2.05) is 0 Å². The lowest BCUT2D eigenvalue weighted by Crippen LogP contribution is -2.21. The van der Waals surface area contributed by atoms with E-state index in [0.29, 0.717) is 34.5 Å². The lowest BCUT2D eigenvalue weighted by atomic mass is 10.0. The van der Waals surface area contributed by atoms with Crippen molar-refractivity contribution in [1.82, 2.24) is 4.57 Å². The Morgan fingerprint density at radius 3 is 2.41 bits per heavy atom. The molecule has 1 aromatic heterocycles. The van der Waals surface area contributed by atoms with E-state index in [1.54, 1.807) is 34.7 Å². The third-order valence-corrected chi connectivity index (χ3v) is 4.46. The number of hydrogen-bond donors (Lipinski definition) is 1. The zero-order valence-corrected chi connectivity index (χ0v) is 16.1. The lowest BCUT2D eigenvalue weighted by molar-refractivity contribution is -0.137. The van der Waals surface area contributed by atoms with Crippen molar-refractivity contribution in [1.29, 1.82) is 0 Å². The molecule has 1 heterocycles. The van der Waals surface area contributed by atoms with Crippen molar-refractivity contribution in [2.45, 2.75) is 34.1 Å². The first-order valence-electron chi connectivity index (χ1n) is 8.69. The summed E-state index contributed by atoms with van der Waals surface area (Å²) in [6, 6.07) is 4.27. The predicted octanol–water partition coefficient (Wildman–Crippen LogP) is 3.34. The number of Topliss-reactive ketones (excluding diaryl/α,β-unsaturated/α-hetero) is 1. The van der Waals surface area contributed by atoms with Crippen LogP contribution < -0.4 is 5.32 Å². The van der Waals surface area contributed by atoms with E-state index in [-0.39, 0.29) is 18.1 Å². The molecule has 2 aromatic rings. The molecule has 2 rings (SSSR count). The van der Waals surface area contributed by atoms with E-state index in [0.717, 1.165) is 0 Å². The quantitative estimate of drug-likeness (QED) is 0.478. The number of aryl methyl sites for hydroxylation is 1. The summed E-state index contributed by atoms with van der Waals surface area (Å²) in [6.07, 6.45) is 0.382. The molecule has 0 aliphatic heterocycles. The van der Waals surface area contributed by atoms with Gasteiger partial charge in [-0.3, -0.25) is 9.59 Å². The molecule has 0 aliphatic carbocycles. The molecule has 0 aliphatic rings. The van der Waals surface area contributed by atoms with Crippen LogP contribution in [0.5, 0.6) is 0 Å². The fourth-order valence-electron chi connectivity index (χ4n) is 3.02. The average molecular weight is 374 g/mol. The van der Waals surface area contributed by atoms with Gasteiger partial charge in [-0.15, -0.1) is 0 Å². The molecule has 0 saturated heterocycles. The van der Waals surface area contributed by atoms with Gasteiger partial charge in [0.1, 0.15) is 11.5 Å². The Hall–Kier alpha value is -2.96. The third kappa shape index (κ3) is 3.92. The number of carbonyl (C=O) groups excluding carboxylic acids is 3. The Labute approximate surface area is 157 Å². The van der Waals surface area contributed by atoms with E-state index in [2.05, 4.69) is 5.32 Å². The number of aromatic nitrogens is 1. The van der Waals surface area contributed by atoms with Gasteiger partial charge in [-0.2, -0.15) is 0 Å². The Bertz CT molecular complexity index is 915. The summed E-state index contributed by atoms with van der Waals surface area (Å²) >= 11 is 0. The summed E-state index contributed by atoms with van der Waals surface area (Å²) < 4.78 is 19.8. The summed E-state index contributed by atoms with van der Waals surface area (Å²) in [6.45, 7) is 6.81. The average Bonchev–Trinajstić information content (AvgIpc) is 2.88. The zero-order valence-electron chi connectivity index (χ0n) is 16.1. The maximum absolute atomic E-state index is 13.4. The predicted molar refractivity (Wildman–Crippen MR) is 99.6 cm³/mol. The second kappa shape index (κ2) is 8.16. The summed E-state index contributed by atoms with van der Waals surface area (Å²) in [5.74, 6) is -2.51. The first kappa shape index (κ1) is 20.4. The zero-order chi connectivity index (χ0) is 20.3. The number of ketones is 1. The van der Waals surface area contributed by atoms with Crippen LogP contribution in [-0.2, 0) is 23.0 Å². The van der Waals surface area contributed by atoms with Crippen molar-refractivity contribution in [3.8, 4) is 0 Å². The molecule has 0 radical (unpaired) electrons. The van der Waals surface area contributed by atoms with Crippen LogP contribution in [0.1, 0.15) is 51.5 Å². The molecule has 0 saturated carbocycles. The van der Waals surface area contributed by atoms with Gasteiger partial charge in [0.2, 0.25) is 0 Å². The highest BCUT2D eigenvalue weighted by molar-refractivity contribution is 6.40. The van der Waals surface area contributed by atoms with Crippen LogP contribution in [-0.4, -0.2) is 28.8 Å². The van der Waals surface area contributed by atoms with Crippen molar-refractivity contribution >= 4 is 23.3 Å². The Morgan fingerprint density at radius 1 is 1.19 bits per heavy atom. The minimum atomic E-state index is -0.950. The summed E-state index contributed by atoms with van der Waals surface area (Å²) in [5, 5.41) is 2.73. The third-order valence-electron chi connectivity index (χ3n) is 4.46. The van der Waals surface area contributed by atoms with Gasteiger partial charge in [-0.05, 0) is 56.5 Å². The molecule has 0 bridgehead atoms. The highest BCUT2D eigenvalue weighted by Gasteiger charge is 2.30. The molecule has 27 heavy (non-hydrogen) atoms. The summed E-state index contributed by atoms with van der Waals surface area (Å²) in [7, 11) is 1.62. The fraction of sp³-hybridized carbons (Fsp3) is 0.350. The van der Waals surface area contributed by atoms with Crippen LogP contribution in [0, 0.1) is 19.7 Å². The fourth-order valence-corrected chi connectivity index (χ4v) is 3.02. The molecule has 0 unspecified atom stereocenters. The molecule has 144 valence electrons. The maximum Gasteiger partial charge on any atom is 0.381 e. The molecule has 1 aromatic carbocycles. The number of halogens is 1. The Morgan fingerprint density at radius 2 is 1.85 bits per heavy atom. The standard InChI is InChI=1S/C20H23FN2O4/c1-6-14-16(19(25)22-13-8-9-15(21)11(3)10-13)12(4)23(5)17(14)18(24)20(26)27-7-2/h8-10H,6-7H2,1-5H3,(H,22,25). The van der Waals surface area contributed by atoms with Gasteiger partial charge in [0, 0.05) is 18.4 Å². The Kier molecular flexibility index (Phi) is 6.15. The number of amides is 1. The second-order valence-corrected chi connectivity index (χ2v) is 6.17. The summed E-state index contributed by atoms with van der Waals surface area (Å²) in [4.78, 5) is 37.2. The number of carbonyl (C=O) groups is 3. The summed E-state index contributed by atoms with van der Waals surface area (Å²) in [5.41, 5.74) is 2.36. The van der Waals surface area contributed by atoms with Crippen molar-refractivity contribution in [3.63, 3.8) is 0 Å². The maximum atomic E-state index is 13.4. The van der Waals surface area contributed by atoms with Gasteiger partial charge in [-0.25, -0.2) is 9.18 Å². The molecule has 0 fully saturated rings. The molecule has 1 N–H and O–H groups in total. The van der Waals surface area contributed by atoms with Crippen LogP contribution in [0.25, 0.3) is 0 Å². The number of benzene rings is 1. The first-order valence-corrected chi connectivity index (χ1v) is 8.69. The molecular formula is C20H23FN2O4. The van der Waals surface area contributed by atoms with Gasteiger partial charge in [0.05, 0.1) is 12.2 Å². The SMILES string of the molecule is CCOC(=O)C(=O)c1c(CC)c(C(=O)Nc2ccc(F)c(C)c2)c(C)n1C.